The van der Waals surface area contributed by atoms with Gasteiger partial charge in [0.05, 0.1) is 6.04 Å². The van der Waals surface area contributed by atoms with Crippen LogP contribution in [-0.2, 0) is 0 Å². The molecule has 1 fully saturated rings. The van der Waals surface area contributed by atoms with E-state index < -0.39 is 41.2 Å². The molecule has 0 radical (unpaired) electrons. The molecule has 0 bridgehead atoms. The summed E-state index contributed by atoms with van der Waals surface area (Å²) in [6.45, 7) is 5.77. The van der Waals surface area contributed by atoms with Crippen molar-refractivity contribution in [1.29, 1.82) is 0 Å². The van der Waals surface area contributed by atoms with Crippen LogP contribution in [0, 0.1) is 17.5 Å². The summed E-state index contributed by atoms with van der Waals surface area (Å²) >= 11 is 0. The third-order valence-corrected chi connectivity index (χ3v) is 5.22. The van der Waals surface area contributed by atoms with Gasteiger partial charge >= 0.3 is 12.1 Å². The normalized spacial score (nSPS) is 17.3. The van der Waals surface area contributed by atoms with Crippen molar-refractivity contribution in [2.45, 2.75) is 38.8 Å². The Labute approximate surface area is 200 Å². The van der Waals surface area contributed by atoms with E-state index in [0.29, 0.717) is 12.0 Å². The van der Waals surface area contributed by atoms with Gasteiger partial charge in [-0.05, 0) is 56.2 Å². The molecular formula is C24H24F3N5O3. The fourth-order valence-corrected chi connectivity index (χ4v) is 3.68. The highest BCUT2D eigenvalue weighted by Crippen LogP contribution is 2.32. The molecule has 1 aromatic carbocycles. The van der Waals surface area contributed by atoms with Crippen molar-refractivity contribution in [1.82, 2.24) is 20.2 Å². The van der Waals surface area contributed by atoms with Crippen LogP contribution in [0.3, 0.4) is 0 Å². The van der Waals surface area contributed by atoms with E-state index in [1.165, 1.54) is 40.4 Å². The molecule has 3 heterocycles. The monoisotopic (exact) mass is 487 g/mol. The summed E-state index contributed by atoms with van der Waals surface area (Å²) in [7, 11) is 0. The molecule has 3 amide bonds. The number of hydrogen-bond acceptors (Lipinski definition) is 5. The quantitative estimate of drug-likeness (QED) is 0.684. The molecule has 8 nitrogen and oxygen atoms in total. The summed E-state index contributed by atoms with van der Waals surface area (Å²) in [6.07, 6.45) is 2.62. The molecule has 1 atom stereocenters. The molecule has 0 unspecified atom stereocenters. The van der Waals surface area contributed by atoms with Crippen molar-refractivity contribution in [3.63, 3.8) is 0 Å². The van der Waals surface area contributed by atoms with Crippen LogP contribution in [0.25, 0.3) is 6.08 Å². The number of carbonyl (C=O) groups excluding carboxylic acids is 2. The molecule has 1 aromatic heterocycles. The SMILES string of the molecule is CC(C)(C)NC(=O)Oc1ccc(F)c(C=C2CN(C(=O)N3N=CC[C@H]3c3cc(F)cc(F)c3)C2)n1. The summed E-state index contributed by atoms with van der Waals surface area (Å²) in [5.41, 5.74) is 0.492. The molecule has 2 aromatic rings. The Balaban J connectivity index is 1.40. The van der Waals surface area contributed by atoms with Crippen molar-refractivity contribution in [2.24, 2.45) is 5.10 Å². The van der Waals surface area contributed by atoms with E-state index in [0.717, 1.165) is 17.7 Å². The minimum Gasteiger partial charge on any atom is -0.391 e. The molecule has 0 aliphatic carbocycles. The largest absolute Gasteiger partial charge is 0.414 e. The third-order valence-electron chi connectivity index (χ3n) is 5.22. The number of benzene rings is 1. The number of aromatic nitrogens is 1. The minimum absolute atomic E-state index is 0.0273. The van der Waals surface area contributed by atoms with Crippen LogP contribution in [0.15, 0.2) is 41.0 Å². The molecule has 0 saturated carbocycles. The Morgan fingerprint density at radius 1 is 1.11 bits per heavy atom. The molecule has 1 saturated heterocycles. The molecule has 2 aliphatic rings. The second-order valence-electron chi connectivity index (χ2n) is 9.32. The van der Waals surface area contributed by atoms with Crippen molar-refractivity contribution in [3.8, 4) is 5.88 Å². The number of nitrogens with one attached hydrogen (secondary N) is 1. The van der Waals surface area contributed by atoms with Gasteiger partial charge in [0.15, 0.2) is 0 Å². The molecule has 0 spiro atoms. The van der Waals surface area contributed by atoms with Crippen LogP contribution in [0.1, 0.15) is 44.5 Å². The van der Waals surface area contributed by atoms with Crippen LogP contribution >= 0.6 is 0 Å². The number of halogens is 3. The lowest BCUT2D eigenvalue weighted by molar-refractivity contribution is 0.136. The first-order valence-electron chi connectivity index (χ1n) is 10.9. The number of hydrogen-bond donors (Lipinski definition) is 1. The van der Waals surface area contributed by atoms with E-state index in [1.54, 1.807) is 20.8 Å². The number of likely N-dealkylation sites (tertiary alicyclic amines) is 1. The van der Waals surface area contributed by atoms with Gasteiger partial charge in [-0.2, -0.15) is 5.10 Å². The van der Waals surface area contributed by atoms with Gasteiger partial charge in [-0.25, -0.2) is 32.8 Å². The van der Waals surface area contributed by atoms with E-state index in [1.807, 2.05) is 0 Å². The maximum absolute atomic E-state index is 14.3. The van der Waals surface area contributed by atoms with E-state index >= 15 is 0 Å². The van der Waals surface area contributed by atoms with Crippen molar-refractivity contribution in [3.05, 3.63) is 64.6 Å². The van der Waals surface area contributed by atoms with E-state index in [-0.39, 0.29) is 24.7 Å². The van der Waals surface area contributed by atoms with Gasteiger partial charge in [0.1, 0.15) is 23.1 Å². The number of urea groups is 1. The zero-order chi connectivity index (χ0) is 25.3. The van der Waals surface area contributed by atoms with Gasteiger partial charge < -0.3 is 15.0 Å². The Hall–Kier alpha value is -3.89. The average Bonchev–Trinajstić information content (AvgIpc) is 3.20. The van der Waals surface area contributed by atoms with Crippen molar-refractivity contribution in [2.75, 3.05) is 13.1 Å². The maximum Gasteiger partial charge on any atom is 0.414 e. The Bertz CT molecular complexity index is 1200. The number of carbonyl (C=O) groups is 2. The summed E-state index contributed by atoms with van der Waals surface area (Å²) in [5, 5.41) is 7.87. The van der Waals surface area contributed by atoms with Crippen LogP contribution < -0.4 is 10.1 Å². The van der Waals surface area contributed by atoms with E-state index in [2.05, 4.69) is 15.4 Å². The smallest absolute Gasteiger partial charge is 0.391 e. The van der Waals surface area contributed by atoms with E-state index in [9.17, 15) is 22.8 Å². The van der Waals surface area contributed by atoms with Gasteiger partial charge in [0.25, 0.3) is 0 Å². The molecule has 4 rings (SSSR count). The zero-order valence-electron chi connectivity index (χ0n) is 19.4. The molecule has 1 N–H and O–H groups in total. The first-order chi connectivity index (χ1) is 16.5. The Kier molecular flexibility index (Phi) is 6.51. The lowest BCUT2D eigenvalue weighted by Gasteiger charge is -2.37. The van der Waals surface area contributed by atoms with Gasteiger partial charge in [-0.3, -0.25) is 0 Å². The van der Waals surface area contributed by atoms with Crippen LogP contribution in [0.4, 0.5) is 22.8 Å². The summed E-state index contributed by atoms with van der Waals surface area (Å²) in [6, 6.07) is 4.45. The fraction of sp³-hybridized carbons (Fsp3) is 0.333. The average molecular weight is 487 g/mol. The van der Waals surface area contributed by atoms with Gasteiger partial charge in [-0.15, -0.1) is 0 Å². The molecule has 184 valence electrons. The lowest BCUT2D eigenvalue weighted by atomic mass is 10.0. The summed E-state index contributed by atoms with van der Waals surface area (Å²) in [4.78, 5) is 30.3. The molecular weight excluding hydrogens is 463 g/mol. The molecule has 2 aliphatic heterocycles. The number of rotatable bonds is 3. The van der Waals surface area contributed by atoms with Crippen molar-refractivity contribution < 1.29 is 27.5 Å². The minimum atomic E-state index is -0.731. The highest BCUT2D eigenvalue weighted by molar-refractivity contribution is 5.81. The fourth-order valence-electron chi connectivity index (χ4n) is 3.68. The number of nitrogens with zero attached hydrogens (tertiary/aromatic N) is 4. The Morgan fingerprint density at radius 2 is 1.80 bits per heavy atom. The maximum atomic E-state index is 14.3. The third kappa shape index (κ3) is 5.79. The Morgan fingerprint density at radius 3 is 2.46 bits per heavy atom. The van der Waals surface area contributed by atoms with Crippen molar-refractivity contribution >= 4 is 24.4 Å². The molecule has 11 heteroatoms. The predicted molar refractivity (Wildman–Crippen MR) is 122 cm³/mol. The van der Waals surface area contributed by atoms with Crippen LogP contribution in [-0.4, -0.2) is 51.9 Å². The first kappa shape index (κ1) is 24.2. The zero-order valence-corrected chi connectivity index (χ0v) is 19.4. The van der Waals surface area contributed by atoms with Crippen LogP contribution in [0.2, 0.25) is 0 Å². The first-order valence-corrected chi connectivity index (χ1v) is 10.9. The second kappa shape index (κ2) is 9.40. The topological polar surface area (TPSA) is 87.1 Å². The molecule has 35 heavy (non-hydrogen) atoms. The van der Waals surface area contributed by atoms with Gasteiger partial charge in [0.2, 0.25) is 5.88 Å². The standard InChI is InChI=1S/C24H24F3N5O3/c1-24(2,3)30-22(33)35-21-5-4-18(27)19(29-21)8-14-12-31(13-14)23(34)32-20(6-7-28-32)15-9-16(25)11-17(26)10-15/h4-5,7-11,20H,6,12-13H2,1-3H3,(H,30,33)/t20-/m0/s1. The lowest BCUT2D eigenvalue weighted by Crippen LogP contribution is -2.49. The van der Waals surface area contributed by atoms with Crippen LogP contribution in [0.5, 0.6) is 5.88 Å². The second-order valence-corrected chi connectivity index (χ2v) is 9.32. The number of ether oxygens (including phenoxy) is 1. The number of amides is 3. The van der Waals surface area contributed by atoms with E-state index in [4.69, 9.17) is 4.74 Å². The number of hydrazone groups is 1. The van der Waals surface area contributed by atoms with Gasteiger partial charge in [0, 0.05) is 43.4 Å². The summed E-state index contributed by atoms with van der Waals surface area (Å²) < 4.78 is 46.7. The highest BCUT2D eigenvalue weighted by Gasteiger charge is 2.36. The predicted octanol–water partition coefficient (Wildman–Crippen LogP) is 4.64. The van der Waals surface area contributed by atoms with Gasteiger partial charge in [-0.1, -0.05) is 0 Å². The highest BCUT2D eigenvalue weighted by atomic mass is 19.1. The number of pyridine rings is 1. The summed E-state index contributed by atoms with van der Waals surface area (Å²) in [5.74, 6) is -2.14.